The number of aliphatic hydroxyl groups excluding tert-OH is 2. The largest absolute Gasteiger partial charge is 0.466 e. The Labute approximate surface area is 374 Å². The highest BCUT2D eigenvalue weighted by atomic mass is 16.5. The zero-order valence-corrected chi connectivity index (χ0v) is 40.5. The molecule has 0 fully saturated rings. The predicted octanol–water partition coefficient (Wildman–Crippen LogP) is 16.1. The topological polar surface area (TPSA) is 95.9 Å². The van der Waals surface area contributed by atoms with Gasteiger partial charge in [-0.1, -0.05) is 244 Å². The van der Waals surface area contributed by atoms with Gasteiger partial charge in [0.05, 0.1) is 25.4 Å². The monoisotopic (exact) mass is 848 g/mol. The minimum atomic E-state index is -0.665. The van der Waals surface area contributed by atoms with Gasteiger partial charge in [0.1, 0.15) is 0 Å². The Morgan fingerprint density at radius 1 is 0.450 bits per heavy atom. The molecule has 3 N–H and O–H groups in total. The van der Waals surface area contributed by atoms with Gasteiger partial charge in [-0.2, -0.15) is 0 Å². The number of rotatable bonds is 50. The number of ether oxygens (including phenoxy) is 1. The van der Waals surface area contributed by atoms with Gasteiger partial charge >= 0.3 is 5.97 Å². The van der Waals surface area contributed by atoms with E-state index in [0.717, 1.165) is 44.9 Å². The van der Waals surface area contributed by atoms with Crippen LogP contribution >= 0.6 is 0 Å². The lowest BCUT2D eigenvalue weighted by Crippen LogP contribution is -2.45. The summed E-state index contributed by atoms with van der Waals surface area (Å²) in [5.41, 5.74) is 0. The van der Waals surface area contributed by atoms with Gasteiger partial charge in [-0.15, -0.1) is 0 Å². The van der Waals surface area contributed by atoms with Crippen LogP contribution < -0.4 is 5.32 Å². The molecular weight excluding hydrogens is 743 g/mol. The first kappa shape index (κ1) is 58.6. The van der Waals surface area contributed by atoms with Gasteiger partial charge in [0, 0.05) is 12.8 Å². The molecule has 0 saturated heterocycles. The first-order chi connectivity index (χ1) is 29.5. The quantitative estimate of drug-likeness (QED) is 0.0322. The second-order valence-electron chi connectivity index (χ2n) is 18.6. The van der Waals surface area contributed by atoms with E-state index < -0.39 is 12.1 Å². The van der Waals surface area contributed by atoms with Crippen molar-refractivity contribution >= 4 is 11.9 Å². The molecule has 0 aromatic heterocycles. The van der Waals surface area contributed by atoms with Gasteiger partial charge in [0.25, 0.3) is 0 Å². The van der Waals surface area contributed by atoms with Crippen LogP contribution in [0.3, 0.4) is 0 Å². The molecule has 6 heteroatoms. The van der Waals surface area contributed by atoms with Gasteiger partial charge in [0.2, 0.25) is 5.91 Å². The van der Waals surface area contributed by atoms with Crippen LogP contribution in [0.25, 0.3) is 0 Å². The highest BCUT2D eigenvalue weighted by Gasteiger charge is 2.20. The zero-order valence-electron chi connectivity index (χ0n) is 40.5. The molecule has 0 saturated carbocycles. The summed E-state index contributed by atoms with van der Waals surface area (Å²) in [7, 11) is 0. The van der Waals surface area contributed by atoms with Crippen molar-refractivity contribution in [2.24, 2.45) is 0 Å². The fraction of sp³-hybridized carbons (Fsp3) is 0.926. The van der Waals surface area contributed by atoms with E-state index in [1.54, 1.807) is 0 Å². The van der Waals surface area contributed by atoms with E-state index in [1.807, 2.05) is 0 Å². The highest BCUT2D eigenvalue weighted by Crippen LogP contribution is 2.17. The van der Waals surface area contributed by atoms with Crippen LogP contribution in [0.15, 0.2) is 12.2 Å². The number of hydrogen-bond acceptors (Lipinski definition) is 5. The third kappa shape index (κ3) is 46.1. The Hall–Kier alpha value is -1.40. The maximum atomic E-state index is 12.4. The summed E-state index contributed by atoms with van der Waals surface area (Å²) >= 11 is 0. The number of aliphatic hydroxyl groups is 2. The van der Waals surface area contributed by atoms with Gasteiger partial charge in [0.15, 0.2) is 0 Å². The molecule has 0 rings (SSSR count). The number of allylic oxidation sites excluding steroid dienone is 2. The average molecular weight is 848 g/mol. The molecule has 0 aliphatic carbocycles. The SMILES string of the molecule is CCCCCCCC/C=C\CCCCCCCC(=O)OCCCCCCCCCCCCCCCCCCCC(=O)NC(CO)C(O)CCCCCCCCCCCCC. The van der Waals surface area contributed by atoms with E-state index in [9.17, 15) is 19.8 Å². The molecule has 0 aromatic rings. The van der Waals surface area contributed by atoms with Crippen molar-refractivity contribution in [2.75, 3.05) is 13.2 Å². The summed E-state index contributed by atoms with van der Waals surface area (Å²) in [6.45, 7) is 4.93. The fourth-order valence-corrected chi connectivity index (χ4v) is 8.40. The van der Waals surface area contributed by atoms with E-state index in [4.69, 9.17) is 4.74 Å². The van der Waals surface area contributed by atoms with Crippen LogP contribution in [-0.2, 0) is 14.3 Å². The fourth-order valence-electron chi connectivity index (χ4n) is 8.40. The molecule has 60 heavy (non-hydrogen) atoms. The molecule has 2 atom stereocenters. The molecule has 0 spiro atoms. The number of esters is 1. The van der Waals surface area contributed by atoms with Crippen LogP contribution in [0.2, 0.25) is 0 Å². The first-order valence-corrected chi connectivity index (χ1v) is 26.9. The van der Waals surface area contributed by atoms with E-state index >= 15 is 0 Å². The van der Waals surface area contributed by atoms with Crippen molar-refractivity contribution in [2.45, 2.75) is 309 Å². The second kappa shape index (κ2) is 50.2. The van der Waals surface area contributed by atoms with E-state index in [-0.39, 0.29) is 18.5 Å². The van der Waals surface area contributed by atoms with E-state index in [2.05, 4.69) is 31.3 Å². The lowest BCUT2D eigenvalue weighted by atomic mass is 10.0. The average Bonchev–Trinajstić information content (AvgIpc) is 3.25. The normalized spacial score (nSPS) is 12.7. The van der Waals surface area contributed by atoms with Crippen molar-refractivity contribution < 1.29 is 24.5 Å². The highest BCUT2D eigenvalue weighted by molar-refractivity contribution is 5.76. The molecule has 0 heterocycles. The summed E-state index contributed by atoms with van der Waals surface area (Å²) in [4.78, 5) is 24.5. The second-order valence-corrected chi connectivity index (χ2v) is 18.6. The number of unbranched alkanes of at least 4 members (excludes halogenated alkanes) is 37. The van der Waals surface area contributed by atoms with Crippen molar-refractivity contribution in [1.29, 1.82) is 0 Å². The third-order valence-electron chi connectivity index (χ3n) is 12.6. The maximum Gasteiger partial charge on any atom is 0.305 e. The number of carbonyl (C=O) groups excluding carboxylic acids is 2. The number of amides is 1. The first-order valence-electron chi connectivity index (χ1n) is 26.9. The Bertz CT molecular complexity index is 893. The van der Waals surface area contributed by atoms with Gasteiger partial charge in [-0.05, 0) is 51.4 Å². The molecule has 0 bridgehead atoms. The molecule has 2 unspecified atom stereocenters. The third-order valence-corrected chi connectivity index (χ3v) is 12.6. The van der Waals surface area contributed by atoms with Crippen molar-refractivity contribution in [3.8, 4) is 0 Å². The summed E-state index contributed by atoms with van der Waals surface area (Å²) in [5.74, 6) is -0.0432. The van der Waals surface area contributed by atoms with Crippen molar-refractivity contribution in [1.82, 2.24) is 5.32 Å². The predicted molar refractivity (Wildman–Crippen MR) is 260 cm³/mol. The van der Waals surface area contributed by atoms with Gasteiger partial charge in [-0.3, -0.25) is 9.59 Å². The smallest absolute Gasteiger partial charge is 0.305 e. The Morgan fingerprint density at radius 3 is 1.18 bits per heavy atom. The van der Waals surface area contributed by atoms with Crippen LogP contribution in [0.1, 0.15) is 296 Å². The number of carbonyl (C=O) groups is 2. The molecule has 6 nitrogen and oxygen atoms in total. The van der Waals surface area contributed by atoms with Gasteiger partial charge < -0.3 is 20.3 Å². The number of hydrogen-bond donors (Lipinski definition) is 3. The van der Waals surface area contributed by atoms with Crippen molar-refractivity contribution in [3.63, 3.8) is 0 Å². The summed E-state index contributed by atoms with van der Waals surface area (Å²) in [6, 6.07) is -0.543. The Morgan fingerprint density at radius 2 is 0.783 bits per heavy atom. The standard InChI is InChI=1S/C54H105NO5/c1-3-5-7-9-11-13-15-16-20-24-28-32-36-40-44-48-54(59)60-49-45-41-37-33-29-25-22-19-17-18-21-23-27-31-35-39-43-47-53(58)55-51(50-56)52(57)46-42-38-34-30-26-14-12-10-8-6-4-2/h16,20,51-52,56-57H,3-15,17-19,21-50H2,1-2H3,(H,55,58)/b20-16-. The zero-order chi connectivity index (χ0) is 43.7. The van der Waals surface area contributed by atoms with E-state index in [0.29, 0.717) is 25.9 Å². The Balaban J connectivity index is 3.39. The van der Waals surface area contributed by atoms with Crippen molar-refractivity contribution in [3.05, 3.63) is 12.2 Å². The molecule has 0 radical (unpaired) electrons. The van der Waals surface area contributed by atoms with Crippen LogP contribution in [0.5, 0.6) is 0 Å². The summed E-state index contributed by atoms with van der Waals surface area (Å²) < 4.78 is 5.47. The lowest BCUT2D eigenvalue weighted by Gasteiger charge is -2.22. The van der Waals surface area contributed by atoms with Crippen LogP contribution in [-0.4, -0.2) is 47.4 Å². The lowest BCUT2D eigenvalue weighted by molar-refractivity contribution is -0.143. The van der Waals surface area contributed by atoms with Crippen LogP contribution in [0, 0.1) is 0 Å². The van der Waals surface area contributed by atoms with Crippen LogP contribution in [0.4, 0.5) is 0 Å². The molecule has 0 aliphatic heterocycles. The Kier molecular flexibility index (Phi) is 49.1. The molecule has 1 amide bonds. The molecular formula is C54H105NO5. The minimum Gasteiger partial charge on any atom is -0.466 e. The molecule has 356 valence electrons. The summed E-state index contributed by atoms with van der Waals surface area (Å²) in [6.07, 6.45) is 57.6. The maximum absolute atomic E-state index is 12.4. The van der Waals surface area contributed by atoms with Gasteiger partial charge in [-0.25, -0.2) is 0 Å². The summed E-state index contributed by atoms with van der Waals surface area (Å²) in [5, 5.41) is 23.1. The number of nitrogens with one attached hydrogen (secondary N) is 1. The minimum absolute atomic E-state index is 0.00240. The molecule has 0 aromatic carbocycles. The van der Waals surface area contributed by atoms with E-state index in [1.165, 1.54) is 218 Å². The molecule has 0 aliphatic rings.